The van der Waals surface area contributed by atoms with Crippen LogP contribution in [0.15, 0.2) is 18.7 Å². The van der Waals surface area contributed by atoms with E-state index in [2.05, 4.69) is 43.1 Å². The number of carbonyl (C=O) groups excluding carboxylic acids is 1. The van der Waals surface area contributed by atoms with Gasteiger partial charge in [0.1, 0.15) is 17.7 Å². The number of nitrogens with zero attached hydrogens (tertiary/aromatic N) is 7. The number of amides is 1. The molecule has 10 nitrogen and oxygen atoms in total. The molecule has 1 unspecified atom stereocenters. The highest BCUT2D eigenvalue weighted by molar-refractivity contribution is 6.06. The van der Waals surface area contributed by atoms with E-state index in [1.807, 2.05) is 11.6 Å². The molecule has 3 aromatic heterocycles. The summed E-state index contributed by atoms with van der Waals surface area (Å²) in [5.74, 6) is 1.47. The van der Waals surface area contributed by atoms with Gasteiger partial charge in [-0.15, -0.1) is 5.10 Å². The Morgan fingerprint density at radius 3 is 2.96 bits per heavy atom. The van der Waals surface area contributed by atoms with Crippen LogP contribution in [0.4, 0.5) is 5.82 Å². The van der Waals surface area contributed by atoms with Crippen molar-refractivity contribution >= 4 is 11.7 Å². The average Bonchev–Trinajstić information content (AvgIpc) is 2.98. The van der Waals surface area contributed by atoms with Gasteiger partial charge in [0.05, 0.1) is 18.4 Å². The van der Waals surface area contributed by atoms with Gasteiger partial charge >= 0.3 is 0 Å². The summed E-state index contributed by atoms with van der Waals surface area (Å²) in [7, 11) is 0. The lowest BCUT2D eigenvalue weighted by Gasteiger charge is -2.16. The molecule has 3 aromatic rings. The summed E-state index contributed by atoms with van der Waals surface area (Å²) in [5.41, 5.74) is 1.27. The minimum Gasteiger partial charge on any atom is -0.306 e. The molecular formula is C14H17N9O. The van der Waals surface area contributed by atoms with Crippen LogP contribution in [0.1, 0.15) is 41.7 Å². The summed E-state index contributed by atoms with van der Waals surface area (Å²) >= 11 is 0. The zero-order valence-electron chi connectivity index (χ0n) is 13.3. The second-order valence-corrected chi connectivity index (χ2v) is 6.04. The summed E-state index contributed by atoms with van der Waals surface area (Å²) in [5, 5.41) is 25.0. The summed E-state index contributed by atoms with van der Waals surface area (Å²) < 4.78 is 3.25. The van der Waals surface area contributed by atoms with Crippen LogP contribution in [0, 0.1) is 12.8 Å². The number of rotatable bonds is 5. The number of hydrogen-bond donors (Lipinski definition) is 2. The second-order valence-electron chi connectivity index (χ2n) is 6.04. The van der Waals surface area contributed by atoms with Gasteiger partial charge in [0.25, 0.3) is 5.91 Å². The van der Waals surface area contributed by atoms with Gasteiger partial charge in [-0.05, 0) is 43.0 Å². The SMILES string of the molecule is Cc1cnn(C(C)C2CC2)c1NC(=O)c1cn[nH]c1-n1cnnn1. The molecule has 4 rings (SSSR count). The molecule has 0 saturated heterocycles. The standard InChI is InChI=1S/C14H17N9O/c1-8-5-17-23(9(2)10-3-4-10)12(8)18-14(24)11-6-15-19-13(11)22-7-16-20-21-22/h5-7,9-10H,3-4H2,1-2H3,(H,15,19)(H,18,24). The normalized spacial score (nSPS) is 15.4. The van der Waals surface area contributed by atoms with Gasteiger partial charge in [-0.3, -0.25) is 9.89 Å². The fraction of sp³-hybridized carbons (Fsp3) is 0.429. The van der Waals surface area contributed by atoms with Crippen molar-refractivity contribution in [3.05, 3.63) is 29.8 Å². The van der Waals surface area contributed by atoms with Gasteiger partial charge in [-0.2, -0.15) is 14.9 Å². The molecule has 0 aromatic carbocycles. The number of H-pyrrole nitrogens is 1. The van der Waals surface area contributed by atoms with E-state index in [9.17, 15) is 4.79 Å². The summed E-state index contributed by atoms with van der Waals surface area (Å²) in [6, 6.07) is 0.261. The highest BCUT2D eigenvalue weighted by Crippen LogP contribution is 2.40. The van der Waals surface area contributed by atoms with Crippen molar-refractivity contribution in [3.63, 3.8) is 0 Å². The molecule has 1 fully saturated rings. The number of carbonyl (C=O) groups is 1. The van der Waals surface area contributed by atoms with E-state index >= 15 is 0 Å². The Labute approximate surface area is 137 Å². The van der Waals surface area contributed by atoms with Crippen LogP contribution in [-0.2, 0) is 0 Å². The molecule has 1 atom stereocenters. The monoisotopic (exact) mass is 327 g/mol. The maximum Gasteiger partial charge on any atom is 0.262 e. The smallest absolute Gasteiger partial charge is 0.262 e. The predicted molar refractivity (Wildman–Crippen MR) is 83.7 cm³/mol. The summed E-state index contributed by atoms with van der Waals surface area (Å²) in [6.07, 6.45) is 7.03. The third kappa shape index (κ3) is 2.45. The molecule has 124 valence electrons. The number of anilines is 1. The van der Waals surface area contributed by atoms with E-state index < -0.39 is 0 Å². The predicted octanol–water partition coefficient (Wildman–Crippen LogP) is 1.11. The van der Waals surface area contributed by atoms with Gasteiger partial charge in [0.15, 0.2) is 5.82 Å². The summed E-state index contributed by atoms with van der Waals surface area (Å²) in [6.45, 7) is 4.06. The molecule has 1 amide bonds. The van der Waals surface area contributed by atoms with Gasteiger partial charge in [-0.25, -0.2) is 4.68 Å². The minimum absolute atomic E-state index is 0.261. The van der Waals surface area contributed by atoms with Crippen LogP contribution in [0.5, 0.6) is 0 Å². The lowest BCUT2D eigenvalue weighted by molar-refractivity contribution is 0.102. The molecule has 10 heteroatoms. The topological polar surface area (TPSA) is 119 Å². The number of aryl methyl sites for hydroxylation is 1. The quantitative estimate of drug-likeness (QED) is 0.724. The minimum atomic E-state index is -0.290. The van der Waals surface area contributed by atoms with Crippen LogP contribution >= 0.6 is 0 Å². The van der Waals surface area contributed by atoms with Crippen molar-refractivity contribution in [2.45, 2.75) is 32.7 Å². The Kier molecular flexibility index (Phi) is 3.36. The average molecular weight is 327 g/mol. The van der Waals surface area contributed by atoms with E-state index in [0.29, 0.717) is 23.1 Å². The highest BCUT2D eigenvalue weighted by Gasteiger charge is 2.31. The maximum absolute atomic E-state index is 12.7. The van der Waals surface area contributed by atoms with E-state index in [1.54, 1.807) is 6.20 Å². The lowest BCUT2D eigenvalue weighted by atomic mass is 10.2. The molecule has 1 aliphatic carbocycles. The zero-order valence-corrected chi connectivity index (χ0v) is 13.3. The van der Waals surface area contributed by atoms with Crippen LogP contribution in [0.3, 0.4) is 0 Å². The largest absolute Gasteiger partial charge is 0.306 e. The molecule has 3 heterocycles. The fourth-order valence-corrected chi connectivity index (χ4v) is 2.75. The molecule has 2 N–H and O–H groups in total. The van der Waals surface area contributed by atoms with E-state index in [-0.39, 0.29) is 11.9 Å². The molecule has 24 heavy (non-hydrogen) atoms. The molecule has 0 spiro atoms. The molecule has 1 saturated carbocycles. The summed E-state index contributed by atoms with van der Waals surface area (Å²) in [4.78, 5) is 12.7. The van der Waals surface area contributed by atoms with Gasteiger partial charge in [0.2, 0.25) is 0 Å². The van der Waals surface area contributed by atoms with E-state index in [0.717, 1.165) is 5.56 Å². The third-order valence-electron chi connectivity index (χ3n) is 4.34. The second kappa shape index (κ2) is 5.55. The Bertz CT molecular complexity index is 859. The number of aromatic amines is 1. The van der Waals surface area contributed by atoms with Crippen LogP contribution in [0.25, 0.3) is 5.82 Å². The number of nitrogens with one attached hydrogen (secondary N) is 2. The molecule has 0 radical (unpaired) electrons. The first-order chi connectivity index (χ1) is 11.6. The van der Waals surface area contributed by atoms with Crippen LogP contribution in [0.2, 0.25) is 0 Å². The van der Waals surface area contributed by atoms with Gasteiger partial charge < -0.3 is 5.32 Å². The van der Waals surface area contributed by atoms with Crippen molar-refractivity contribution in [3.8, 4) is 5.82 Å². The van der Waals surface area contributed by atoms with Crippen molar-refractivity contribution in [1.29, 1.82) is 0 Å². The highest BCUT2D eigenvalue weighted by atomic mass is 16.1. The molecular weight excluding hydrogens is 310 g/mol. The number of tetrazole rings is 1. The van der Waals surface area contributed by atoms with Crippen molar-refractivity contribution in [2.24, 2.45) is 5.92 Å². The molecule has 1 aliphatic rings. The van der Waals surface area contributed by atoms with Crippen molar-refractivity contribution in [1.82, 2.24) is 40.2 Å². The van der Waals surface area contributed by atoms with Crippen LogP contribution in [-0.4, -0.2) is 46.1 Å². The number of aromatic nitrogens is 8. The van der Waals surface area contributed by atoms with Gasteiger partial charge in [-0.1, -0.05) is 0 Å². The molecule has 0 bridgehead atoms. The Hall–Kier alpha value is -3.04. The first-order valence-electron chi connectivity index (χ1n) is 7.77. The lowest BCUT2D eigenvalue weighted by Crippen LogP contribution is -2.20. The van der Waals surface area contributed by atoms with E-state index in [1.165, 1.54) is 30.0 Å². The maximum atomic E-state index is 12.7. The Morgan fingerprint density at radius 2 is 2.25 bits per heavy atom. The van der Waals surface area contributed by atoms with E-state index in [4.69, 9.17) is 0 Å². The van der Waals surface area contributed by atoms with Crippen LogP contribution < -0.4 is 5.32 Å². The van der Waals surface area contributed by atoms with Crippen molar-refractivity contribution in [2.75, 3.05) is 5.32 Å². The molecule has 0 aliphatic heterocycles. The van der Waals surface area contributed by atoms with Gasteiger partial charge in [0, 0.05) is 5.56 Å². The zero-order chi connectivity index (χ0) is 16.7. The fourth-order valence-electron chi connectivity index (χ4n) is 2.75. The Morgan fingerprint density at radius 1 is 1.42 bits per heavy atom. The number of hydrogen-bond acceptors (Lipinski definition) is 6. The first kappa shape index (κ1) is 14.5. The first-order valence-corrected chi connectivity index (χ1v) is 7.77. The Balaban J connectivity index is 1.62. The third-order valence-corrected chi connectivity index (χ3v) is 4.34. The van der Waals surface area contributed by atoms with Crippen molar-refractivity contribution < 1.29 is 4.79 Å².